The zero-order valence-corrected chi connectivity index (χ0v) is 17.6. The summed E-state index contributed by atoms with van der Waals surface area (Å²) >= 11 is 5.19. The smallest absolute Gasteiger partial charge is 0.263 e. The molecule has 0 atom stereocenters. The van der Waals surface area contributed by atoms with Crippen molar-refractivity contribution in [3.05, 3.63) is 59.2 Å². The molecule has 3 rings (SSSR count). The number of amidine groups is 1. The van der Waals surface area contributed by atoms with Gasteiger partial charge in [-0.3, -0.25) is 25.4 Å². The fraction of sp³-hybridized carbons (Fsp3) is 0.211. The van der Waals surface area contributed by atoms with Gasteiger partial charge in [0.25, 0.3) is 10.0 Å². The Balaban J connectivity index is 1.49. The lowest BCUT2D eigenvalue weighted by Crippen LogP contribution is -2.44. The molecule has 0 bridgehead atoms. The van der Waals surface area contributed by atoms with Gasteiger partial charge in [0.1, 0.15) is 5.84 Å². The highest BCUT2D eigenvalue weighted by Crippen LogP contribution is 2.22. The zero-order chi connectivity index (χ0) is 21.0. The number of benzene rings is 2. The topological polar surface area (TPSA) is 112 Å². The number of sulfonamides is 1. The molecule has 0 saturated heterocycles. The van der Waals surface area contributed by atoms with E-state index in [1.54, 1.807) is 18.2 Å². The third kappa shape index (κ3) is 4.90. The van der Waals surface area contributed by atoms with E-state index in [9.17, 15) is 13.2 Å². The number of hydrazine groups is 1. The molecule has 0 aliphatic carbocycles. The zero-order valence-electron chi connectivity index (χ0n) is 15.9. The Morgan fingerprint density at radius 3 is 2.66 bits per heavy atom. The van der Waals surface area contributed by atoms with Crippen molar-refractivity contribution in [1.29, 1.82) is 0 Å². The highest BCUT2D eigenvalue weighted by Gasteiger charge is 2.29. The second-order valence-corrected chi connectivity index (χ2v) is 8.52. The molecule has 152 valence electrons. The number of carbonyl (C=O) groups is 1. The standard InChI is InChI=1S/C19H21N5O3S2/c1-12-6-5-8-15(13(12)2)21-19(28)23-22-17(25)10-11-20-18-14-7-3-4-9-16(14)29(26,27)24-18/h3-9H,10-11H2,1-2H3,(H,20,24)(H,22,25)(H2,21,23,28). The van der Waals surface area contributed by atoms with Crippen LogP contribution in [0.3, 0.4) is 0 Å². The van der Waals surface area contributed by atoms with E-state index in [1.165, 1.54) is 6.07 Å². The molecule has 8 nitrogen and oxygen atoms in total. The maximum Gasteiger partial charge on any atom is 0.263 e. The number of thiocarbonyl (C=S) groups is 1. The number of anilines is 1. The predicted octanol–water partition coefficient (Wildman–Crippen LogP) is 1.75. The van der Waals surface area contributed by atoms with Gasteiger partial charge in [0, 0.05) is 17.7 Å². The summed E-state index contributed by atoms with van der Waals surface area (Å²) in [4.78, 5) is 16.4. The van der Waals surface area contributed by atoms with E-state index < -0.39 is 10.0 Å². The van der Waals surface area contributed by atoms with Crippen LogP contribution in [-0.4, -0.2) is 31.8 Å². The Morgan fingerprint density at radius 1 is 1.10 bits per heavy atom. The van der Waals surface area contributed by atoms with Crippen molar-refractivity contribution in [2.45, 2.75) is 25.2 Å². The second kappa shape index (κ2) is 8.58. The van der Waals surface area contributed by atoms with Gasteiger partial charge >= 0.3 is 0 Å². The fourth-order valence-electron chi connectivity index (χ4n) is 2.75. The summed E-state index contributed by atoms with van der Waals surface area (Å²) in [5, 5.41) is 3.29. The summed E-state index contributed by atoms with van der Waals surface area (Å²) in [7, 11) is -3.58. The Bertz CT molecular complexity index is 1100. The number of aliphatic imine (C=N–C) groups is 1. The van der Waals surface area contributed by atoms with E-state index in [4.69, 9.17) is 12.2 Å². The predicted molar refractivity (Wildman–Crippen MR) is 116 cm³/mol. The van der Waals surface area contributed by atoms with Crippen LogP contribution in [-0.2, 0) is 14.8 Å². The molecule has 0 fully saturated rings. The molecular weight excluding hydrogens is 410 g/mol. The first-order valence-electron chi connectivity index (χ1n) is 8.86. The van der Waals surface area contributed by atoms with Crippen LogP contribution >= 0.6 is 12.2 Å². The molecule has 0 spiro atoms. The van der Waals surface area contributed by atoms with Crippen LogP contribution < -0.4 is 20.9 Å². The fourth-order valence-corrected chi connectivity index (χ4v) is 4.16. The number of nitrogens with one attached hydrogen (secondary N) is 4. The highest BCUT2D eigenvalue weighted by molar-refractivity contribution is 7.90. The van der Waals surface area contributed by atoms with Crippen molar-refractivity contribution in [1.82, 2.24) is 15.6 Å². The van der Waals surface area contributed by atoms with Gasteiger partial charge in [0.2, 0.25) is 5.91 Å². The van der Waals surface area contributed by atoms with Crippen LogP contribution in [0.4, 0.5) is 5.69 Å². The number of amides is 1. The lowest BCUT2D eigenvalue weighted by atomic mass is 10.1. The van der Waals surface area contributed by atoms with Gasteiger partial charge in [-0.05, 0) is 55.4 Å². The average molecular weight is 432 g/mol. The number of fused-ring (bicyclic) bond motifs is 1. The minimum absolute atomic E-state index is 0.0620. The summed E-state index contributed by atoms with van der Waals surface area (Å²) in [6.45, 7) is 4.10. The van der Waals surface area contributed by atoms with Crippen molar-refractivity contribution < 1.29 is 13.2 Å². The molecule has 0 saturated carbocycles. The Hall–Kier alpha value is -2.98. The molecule has 2 aromatic carbocycles. The number of hydrogen-bond donors (Lipinski definition) is 4. The monoisotopic (exact) mass is 431 g/mol. The number of rotatable bonds is 4. The van der Waals surface area contributed by atoms with Gasteiger partial charge in [-0.1, -0.05) is 24.3 Å². The summed E-state index contributed by atoms with van der Waals surface area (Å²) in [5.41, 5.74) is 8.70. The van der Waals surface area contributed by atoms with Crippen molar-refractivity contribution >= 4 is 44.8 Å². The molecule has 1 aliphatic rings. The van der Waals surface area contributed by atoms with Crippen LogP contribution in [0.2, 0.25) is 0 Å². The minimum atomic E-state index is -3.58. The van der Waals surface area contributed by atoms with Gasteiger partial charge < -0.3 is 5.32 Å². The second-order valence-electron chi connectivity index (χ2n) is 6.46. The third-order valence-corrected chi connectivity index (χ3v) is 6.04. The van der Waals surface area contributed by atoms with Crippen molar-refractivity contribution in [2.75, 3.05) is 11.9 Å². The van der Waals surface area contributed by atoms with Gasteiger partial charge in [-0.2, -0.15) is 0 Å². The number of carbonyl (C=O) groups excluding carboxylic acids is 1. The first-order chi connectivity index (χ1) is 13.8. The molecule has 0 radical (unpaired) electrons. The molecule has 0 unspecified atom stereocenters. The van der Waals surface area contributed by atoms with Crippen LogP contribution in [0.15, 0.2) is 52.4 Å². The first kappa shape index (κ1) is 20.7. The molecule has 10 heteroatoms. The largest absolute Gasteiger partial charge is 0.331 e. The lowest BCUT2D eigenvalue weighted by molar-refractivity contribution is -0.121. The molecule has 2 aromatic rings. The normalized spacial score (nSPS) is 15.3. The van der Waals surface area contributed by atoms with Crippen LogP contribution in [0, 0.1) is 13.8 Å². The summed E-state index contributed by atoms with van der Waals surface area (Å²) in [6, 6.07) is 12.4. The molecule has 1 heterocycles. The molecule has 1 aliphatic heterocycles. The number of hydrogen-bond acceptors (Lipinski definition) is 5. The van der Waals surface area contributed by atoms with E-state index >= 15 is 0 Å². The van der Waals surface area contributed by atoms with Gasteiger partial charge in [-0.25, -0.2) is 8.42 Å². The Kier molecular flexibility index (Phi) is 6.14. The summed E-state index contributed by atoms with van der Waals surface area (Å²) in [6.07, 6.45) is 0.0620. The van der Waals surface area contributed by atoms with Crippen LogP contribution in [0.25, 0.3) is 0 Å². The maximum absolute atomic E-state index is 12.0. The average Bonchev–Trinajstić information content (AvgIpc) is 2.95. The van der Waals surface area contributed by atoms with Crippen LogP contribution in [0.1, 0.15) is 23.1 Å². The highest BCUT2D eigenvalue weighted by atomic mass is 32.2. The van der Waals surface area contributed by atoms with E-state index in [0.29, 0.717) is 5.56 Å². The number of aryl methyl sites for hydroxylation is 1. The molecule has 0 aromatic heterocycles. The maximum atomic E-state index is 12.0. The van der Waals surface area contributed by atoms with Gasteiger partial charge in [-0.15, -0.1) is 0 Å². The number of nitrogens with zero attached hydrogens (tertiary/aromatic N) is 1. The van der Waals surface area contributed by atoms with E-state index in [2.05, 4.69) is 25.9 Å². The first-order valence-corrected chi connectivity index (χ1v) is 10.8. The summed E-state index contributed by atoms with van der Waals surface area (Å²) < 4.78 is 26.5. The van der Waals surface area contributed by atoms with E-state index in [1.807, 2.05) is 32.0 Å². The van der Waals surface area contributed by atoms with Crippen molar-refractivity contribution in [3.8, 4) is 0 Å². The molecular formula is C19H21N5O3S2. The van der Waals surface area contributed by atoms with E-state index in [-0.39, 0.29) is 34.7 Å². The molecule has 4 N–H and O–H groups in total. The molecule has 29 heavy (non-hydrogen) atoms. The lowest BCUT2D eigenvalue weighted by Gasteiger charge is -2.14. The van der Waals surface area contributed by atoms with Gasteiger partial charge in [0.05, 0.1) is 11.4 Å². The van der Waals surface area contributed by atoms with E-state index in [0.717, 1.165) is 16.8 Å². The van der Waals surface area contributed by atoms with Gasteiger partial charge in [0.15, 0.2) is 5.11 Å². The Labute approximate surface area is 174 Å². The SMILES string of the molecule is Cc1cccc(NC(=S)NNC(=O)CCN=C2NS(=O)(=O)c3ccccc32)c1C. The quantitative estimate of drug-likeness (QED) is 0.434. The van der Waals surface area contributed by atoms with Crippen LogP contribution in [0.5, 0.6) is 0 Å². The molecule has 1 amide bonds. The van der Waals surface area contributed by atoms with Crippen molar-refractivity contribution in [2.24, 2.45) is 4.99 Å². The third-order valence-electron chi connectivity index (χ3n) is 4.44. The summed E-state index contributed by atoms with van der Waals surface area (Å²) in [5.74, 6) is -0.0814. The Morgan fingerprint density at radius 2 is 1.86 bits per heavy atom. The minimum Gasteiger partial charge on any atom is -0.331 e. The van der Waals surface area contributed by atoms with Crippen molar-refractivity contribution in [3.63, 3.8) is 0 Å².